The van der Waals surface area contributed by atoms with Gasteiger partial charge in [0.15, 0.2) is 0 Å². The molecule has 0 amide bonds. The van der Waals surface area contributed by atoms with Crippen LogP contribution in [0.3, 0.4) is 0 Å². The van der Waals surface area contributed by atoms with Crippen LogP contribution in [0.4, 0.5) is 5.95 Å². The molecule has 2 rings (SSSR count). The van der Waals surface area contributed by atoms with Crippen LogP contribution in [-0.2, 0) is 0 Å². The summed E-state index contributed by atoms with van der Waals surface area (Å²) < 4.78 is 5.81. The van der Waals surface area contributed by atoms with E-state index in [1.807, 2.05) is 0 Å². The van der Waals surface area contributed by atoms with Crippen molar-refractivity contribution in [2.24, 2.45) is 0 Å². The van der Waals surface area contributed by atoms with Gasteiger partial charge in [0, 0.05) is 18.2 Å². The smallest absolute Gasteiger partial charge is 0.221 e. The number of halogens is 3. The lowest BCUT2D eigenvalue weighted by Gasteiger charge is -2.18. The normalized spacial score (nSPS) is 11.1. The van der Waals surface area contributed by atoms with Crippen molar-refractivity contribution in [3.63, 3.8) is 0 Å². The molecule has 2 N–H and O–H groups in total. The van der Waals surface area contributed by atoms with Gasteiger partial charge in [0.1, 0.15) is 17.5 Å². The van der Waals surface area contributed by atoms with Gasteiger partial charge in [0.25, 0.3) is 0 Å². The SMILES string of the molecule is CCN(CC)CCOc1cc(-c2cc(Cl)nc(N)n2)c(Cl)cc1Cl. The van der Waals surface area contributed by atoms with Crippen molar-refractivity contribution in [3.05, 3.63) is 33.4 Å². The first-order valence-electron chi connectivity index (χ1n) is 7.59. The lowest BCUT2D eigenvalue weighted by molar-refractivity contribution is 0.223. The molecule has 0 saturated heterocycles. The van der Waals surface area contributed by atoms with Crippen molar-refractivity contribution >= 4 is 40.8 Å². The minimum Gasteiger partial charge on any atom is -0.491 e. The number of anilines is 1. The zero-order chi connectivity index (χ0) is 17.7. The van der Waals surface area contributed by atoms with Gasteiger partial charge in [-0.2, -0.15) is 0 Å². The Bertz CT molecular complexity index is 688. The number of nitrogens with zero attached hydrogens (tertiary/aromatic N) is 3. The van der Waals surface area contributed by atoms with Crippen molar-refractivity contribution in [2.75, 3.05) is 32.0 Å². The first-order valence-corrected chi connectivity index (χ1v) is 8.72. The number of benzene rings is 1. The molecule has 0 radical (unpaired) electrons. The third kappa shape index (κ3) is 4.86. The summed E-state index contributed by atoms with van der Waals surface area (Å²) in [6.07, 6.45) is 0. The average Bonchev–Trinajstić information content (AvgIpc) is 2.52. The zero-order valence-electron chi connectivity index (χ0n) is 13.5. The molecule has 0 aliphatic rings. The van der Waals surface area contributed by atoms with Gasteiger partial charge in [-0.3, -0.25) is 0 Å². The minimum absolute atomic E-state index is 0.0764. The van der Waals surface area contributed by atoms with E-state index in [1.165, 1.54) is 0 Å². The predicted molar refractivity (Wildman–Crippen MR) is 100 cm³/mol. The Kier molecular flexibility index (Phi) is 6.92. The lowest BCUT2D eigenvalue weighted by atomic mass is 10.1. The minimum atomic E-state index is 0.0764. The second kappa shape index (κ2) is 8.72. The maximum Gasteiger partial charge on any atom is 0.221 e. The predicted octanol–water partition coefficient (Wildman–Crippen LogP) is 4.41. The molecule has 5 nitrogen and oxygen atoms in total. The van der Waals surface area contributed by atoms with Crippen LogP contribution in [-0.4, -0.2) is 41.1 Å². The molecule has 0 aliphatic heterocycles. The Balaban J connectivity index is 2.24. The third-order valence-corrected chi connectivity index (χ3v) is 4.37. The van der Waals surface area contributed by atoms with E-state index >= 15 is 0 Å². The topological polar surface area (TPSA) is 64.3 Å². The fourth-order valence-corrected chi connectivity index (χ4v) is 2.96. The van der Waals surface area contributed by atoms with E-state index in [2.05, 4.69) is 28.7 Å². The summed E-state index contributed by atoms with van der Waals surface area (Å²) in [6.45, 7) is 7.50. The van der Waals surface area contributed by atoms with Gasteiger partial charge >= 0.3 is 0 Å². The van der Waals surface area contributed by atoms with E-state index < -0.39 is 0 Å². The summed E-state index contributed by atoms with van der Waals surface area (Å²) in [6, 6.07) is 4.95. The number of aromatic nitrogens is 2. The summed E-state index contributed by atoms with van der Waals surface area (Å²) in [5.41, 5.74) is 6.80. The Hall–Kier alpha value is -1.27. The number of ether oxygens (including phenoxy) is 1. The summed E-state index contributed by atoms with van der Waals surface area (Å²) in [7, 11) is 0. The van der Waals surface area contributed by atoms with Crippen molar-refractivity contribution in [1.82, 2.24) is 14.9 Å². The average molecular weight is 390 g/mol. The molecule has 2 aromatic rings. The highest BCUT2D eigenvalue weighted by Gasteiger charge is 2.13. The van der Waals surface area contributed by atoms with E-state index in [1.54, 1.807) is 18.2 Å². The highest BCUT2D eigenvalue weighted by Crippen LogP contribution is 2.36. The second-order valence-corrected chi connectivity index (χ2v) is 6.27. The maximum absolute atomic E-state index is 6.28. The number of hydrogen-bond donors (Lipinski definition) is 1. The molecule has 1 aromatic carbocycles. The second-order valence-electron chi connectivity index (χ2n) is 5.07. The Morgan fingerprint density at radius 3 is 2.38 bits per heavy atom. The van der Waals surface area contributed by atoms with E-state index in [-0.39, 0.29) is 11.1 Å². The van der Waals surface area contributed by atoms with Gasteiger partial charge in [-0.05, 0) is 25.2 Å². The fourth-order valence-electron chi connectivity index (χ4n) is 2.23. The molecule has 0 spiro atoms. The number of hydrogen-bond acceptors (Lipinski definition) is 5. The summed E-state index contributed by atoms with van der Waals surface area (Å²) in [5, 5.41) is 1.12. The number of nitrogen functional groups attached to an aromatic ring is 1. The molecule has 1 aromatic heterocycles. The molecule has 0 unspecified atom stereocenters. The largest absolute Gasteiger partial charge is 0.491 e. The van der Waals surface area contributed by atoms with Gasteiger partial charge < -0.3 is 15.4 Å². The molecule has 1 heterocycles. The molecule has 130 valence electrons. The van der Waals surface area contributed by atoms with Gasteiger partial charge in [-0.25, -0.2) is 9.97 Å². The summed E-state index contributed by atoms with van der Waals surface area (Å²) in [5.74, 6) is 0.615. The molecule has 8 heteroatoms. The van der Waals surface area contributed by atoms with E-state index in [4.69, 9.17) is 45.3 Å². The monoisotopic (exact) mass is 388 g/mol. The molecular formula is C16H19Cl3N4O. The fraction of sp³-hybridized carbons (Fsp3) is 0.375. The molecule has 0 aliphatic carbocycles. The molecule has 0 fully saturated rings. The van der Waals surface area contributed by atoms with Crippen LogP contribution in [0.15, 0.2) is 18.2 Å². The van der Waals surface area contributed by atoms with Crippen LogP contribution in [0, 0.1) is 0 Å². The number of rotatable bonds is 7. The standard InChI is InChI=1S/C16H19Cl3N4O/c1-3-23(4-2)5-6-24-14-7-10(11(17)8-12(14)18)13-9-15(19)22-16(20)21-13/h7-9H,3-6H2,1-2H3,(H2,20,21,22). The maximum atomic E-state index is 6.28. The van der Waals surface area contributed by atoms with Gasteiger partial charge in [-0.1, -0.05) is 48.7 Å². The number of nitrogens with two attached hydrogens (primary N) is 1. The zero-order valence-corrected chi connectivity index (χ0v) is 15.8. The van der Waals surface area contributed by atoms with Crippen LogP contribution >= 0.6 is 34.8 Å². The van der Waals surface area contributed by atoms with E-state index in [9.17, 15) is 0 Å². The van der Waals surface area contributed by atoms with Crippen molar-refractivity contribution in [3.8, 4) is 17.0 Å². The molecule has 0 bridgehead atoms. The summed E-state index contributed by atoms with van der Waals surface area (Å²) >= 11 is 18.4. The molecule has 0 atom stereocenters. The Labute approximate surface area is 156 Å². The van der Waals surface area contributed by atoms with Gasteiger partial charge in [0.2, 0.25) is 5.95 Å². The quantitative estimate of drug-likeness (QED) is 0.711. The molecular weight excluding hydrogens is 371 g/mol. The highest BCUT2D eigenvalue weighted by atomic mass is 35.5. The van der Waals surface area contributed by atoms with Crippen LogP contribution in [0.2, 0.25) is 15.2 Å². The van der Waals surface area contributed by atoms with Crippen molar-refractivity contribution in [2.45, 2.75) is 13.8 Å². The van der Waals surface area contributed by atoms with Crippen molar-refractivity contribution < 1.29 is 4.74 Å². The molecule has 24 heavy (non-hydrogen) atoms. The number of likely N-dealkylation sites (N-methyl/N-ethyl adjacent to an activating group) is 1. The highest BCUT2D eigenvalue weighted by molar-refractivity contribution is 6.37. The lowest BCUT2D eigenvalue weighted by Crippen LogP contribution is -2.27. The summed E-state index contributed by atoms with van der Waals surface area (Å²) in [4.78, 5) is 10.3. The first-order chi connectivity index (χ1) is 11.4. The first kappa shape index (κ1) is 19.1. The third-order valence-electron chi connectivity index (χ3n) is 3.57. The molecule has 0 saturated carbocycles. The van der Waals surface area contributed by atoms with Crippen LogP contribution in [0.5, 0.6) is 5.75 Å². The Morgan fingerprint density at radius 1 is 1.04 bits per heavy atom. The van der Waals surface area contributed by atoms with Crippen LogP contribution < -0.4 is 10.5 Å². The van der Waals surface area contributed by atoms with Crippen LogP contribution in [0.1, 0.15) is 13.8 Å². The van der Waals surface area contributed by atoms with Gasteiger partial charge in [-0.15, -0.1) is 0 Å². The van der Waals surface area contributed by atoms with E-state index in [0.29, 0.717) is 33.7 Å². The van der Waals surface area contributed by atoms with Crippen molar-refractivity contribution in [1.29, 1.82) is 0 Å². The van der Waals surface area contributed by atoms with Gasteiger partial charge in [0.05, 0.1) is 15.7 Å². The Morgan fingerprint density at radius 2 is 1.75 bits per heavy atom. The van der Waals surface area contributed by atoms with E-state index in [0.717, 1.165) is 19.6 Å². The van der Waals surface area contributed by atoms with Crippen LogP contribution in [0.25, 0.3) is 11.3 Å².